The number of benzene rings is 1. The summed E-state index contributed by atoms with van der Waals surface area (Å²) >= 11 is 0. The van der Waals surface area contributed by atoms with Crippen molar-refractivity contribution in [2.24, 2.45) is 0 Å². The number of hydrogen-bond acceptors (Lipinski definition) is 1. The van der Waals surface area contributed by atoms with E-state index in [9.17, 15) is 9.50 Å². The number of aromatic nitrogens is 1. The summed E-state index contributed by atoms with van der Waals surface area (Å²) in [6, 6.07) is 6.97. The van der Waals surface area contributed by atoms with Crippen LogP contribution in [0.25, 0.3) is 11.3 Å². The molecule has 0 aliphatic heterocycles. The fourth-order valence-electron chi connectivity index (χ4n) is 2.57. The predicted octanol–water partition coefficient (Wildman–Crippen LogP) is 2.58. The summed E-state index contributed by atoms with van der Waals surface area (Å²) in [7, 11) is 0. The van der Waals surface area contributed by atoms with Gasteiger partial charge in [-0.15, -0.1) is 0 Å². The fourth-order valence-corrected chi connectivity index (χ4v) is 2.57. The SMILES string of the molecule is CC(O)Cn1ccc2c1-c1ccc(F)cc1C2. The van der Waals surface area contributed by atoms with Gasteiger partial charge >= 0.3 is 0 Å². The standard InChI is InChI=1S/C14H14FNO/c1-9(17)8-16-5-4-10-6-11-7-12(15)2-3-13(11)14(10)16/h2-5,7,9,17H,6,8H2,1H3. The molecular formula is C14H14FNO. The monoisotopic (exact) mass is 231 g/mol. The van der Waals surface area contributed by atoms with Gasteiger partial charge in [-0.2, -0.15) is 0 Å². The highest BCUT2D eigenvalue weighted by Gasteiger charge is 2.22. The van der Waals surface area contributed by atoms with E-state index >= 15 is 0 Å². The molecule has 0 bridgehead atoms. The van der Waals surface area contributed by atoms with E-state index in [2.05, 4.69) is 6.07 Å². The molecule has 3 heteroatoms. The Balaban J connectivity index is 2.10. The molecule has 3 rings (SSSR count). The van der Waals surface area contributed by atoms with E-state index in [1.165, 1.54) is 11.6 Å². The molecule has 2 aromatic rings. The molecule has 1 unspecified atom stereocenters. The van der Waals surface area contributed by atoms with Crippen LogP contribution in [-0.4, -0.2) is 15.8 Å². The van der Waals surface area contributed by atoms with E-state index in [0.29, 0.717) is 6.54 Å². The summed E-state index contributed by atoms with van der Waals surface area (Å²) in [6.07, 6.45) is 2.40. The van der Waals surface area contributed by atoms with Crippen LogP contribution >= 0.6 is 0 Å². The Kier molecular flexibility index (Phi) is 2.30. The molecule has 88 valence electrons. The fraction of sp³-hybridized carbons (Fsp3) is 0.286. The van der Waals surface area contributed by atoms with Crippen LogP contribution in [0.4, 0.5) is 4.39 Å². The first-order chi connectivity index (χ1) is 8.15. The van der Waals surface area contributed by atoms with E-state index < -0.39 is 0 Å². The van der Waals surface area contributed by atoms with Crippen molar-refractivity contribution in [1.29, 1.82) is 0 Å². The normalized spacial score (nSPS) is 14.5. The van der Waals surface area contributed by atoms with E-state index in [4.69, 9.17) is 0 Å². The predicted molar refractivity (Wildman–Crippen MR) is 64.3 cm³/mol. The van der Waals surface area contributed by atoms with Crippen LogP contribution in [0.2, 0.25) is 0 Å². The molecule has 1 aliphatic carbocycles. The quantitative estimate of drug-likeness (QED) is 0.720. The summed E-state index contributed by atoms with van der Waals surface area (Å²) in [5.41, 5.74) is 4.47. The minimum absolute atomic E-state index is 0.184. The van der Waals surface area contributed by atoms with Gasteiger partial charge in [0.2, 0.25) is 0 Å². The van der Waals surface area contributed by atoms with Crippen LogP contribution < -0.4 is 0 Å². The van der Waals surface area contributed by atoms with Gasteiger partial charge in [0.25, 0.3) is 0 Å². The van der Waals surface area contributed by atoms with Gasteiger partial charge in [-0.05, 0) is 42.3 Å². The van der Waals surface area contributed by atoms with Crippen molar-refractivity contribution >= 4 is 0 Å². The number of nitrogens with zero attached hydrogens (tertiary/aromatic N) is 1. The first-order valence-electron chi connectivity index (χ1n) is 5.80. The first kappa shape index (κ1) is 10.5. The molecule has 0 amide bonds. The summed E-state index contributed by atoms with van der Waals surface area (Å²) in [5, 5.41) is 9.47. The van der Waals surface area contributed by atoms with Gasteiger partial charge in [0.05, 0.1) is 11.8 Å². The van der Waals surface area contributed by atoms with Gasteiger partial charge in [-0.25, -0.2) is 4.39 Å². The molecule has 0 saturated heterocycles. The Morgan fingerprint density at radius 3 is 2.94 bits per heavy atom. The third-order valence-corrected chi connectivity index (χ3v) is 3.21. The molecule has 17 heavy (non-hydrogen) atoms. The van der Waals surface area contributed by atoms with Crippen molar-refractivity contribution in [3.8, 4) is 11.3 Å². The van der Waals surface area contributed by atoms with Gasteiger partial charge in [-0.3, -0.25) is 0 Å². The molecule has 0 radical (unpaired) electrons. The average Bonchev–Trinajstić information content (AvgIpc) is 2.77. The molecule has 0 fully saturated rings. The summed E-state index contributed by atoms with van der Waals surface area (Å²) in [5.74, 6) is -0.184. The maximum Gasteiger partial charge on any atom is 0.123 e. The van der Waals surface area contributed by atoms with Crippen LogP contribution in [-0.2, 0) is 13.0 Å². The Morgan fingerprint density at radius 2 is 2.18 bits per heavy atom. The maximum absolute atomic E-state index is 13.2. The van der Waals surface area contributed by atoms with Gasteiger partial charge in [-0.1, -0.05) is 0 Å². The van der Waals surface area contributed by atoms with Crippen molar-refractivity contribution in [2.45, 2.75) is 26.0 Å². The average molecular weight is 231 g/mol. The summed E-state index contributed by atoms with van der Waals surface area (Å²) < 4.78 is 15.2. The lowest BCUT2D eigenvalue weighted by Gasteiger charge is -2.10. The second-order valence-electron chi connectivity index (χ2n) is 4.67. The van der Waals surface area contributed by atoms with Crippen molar-refractivity contribution in [3.05, 3.63) is 47.4 Å². The number of aliphatic hydroxyl groups excluding tert-OH is 1. The Labute approximate surface area is 99.3 Å². The number of rotatable bonds is 2. The Morgan fingerprint density at radius 1 is 1.35 bits per heavy atom. The Hall–Kier alpha value is -1.61. The largest absolute Gasteiger partial charge is 0.392 e. The molecular weight excluding hydrogens is 217 g/mol. The smallest absolute Gasteiger partial charge is 0.123 e. The topological polar surface area (TPSA) is 25.2 Å². The molecule has 1 aliphatic rings. The number of halogens is 1. The number of fused-ring (bicyclic) bond motifs is 3. The van der Waals surface area contributed by atoms with Gasteiger partial charge < -0.3 is 9.67 Å². The molecule has 1 N–H and O–H groups in total. The van der Waals surface area contributed by atoms with Gasteiger partial charge in [0.15, 0.2) is 0 Å². The second-order valence-corrected chi connectivity index (χ2v) is 4.67. The molecule has 1 aromatic heterocycles. The second kappa shape index (κ2) is 3.70. The Bertz CT molecular complexity index is 572. The van der Waals surface area contributed by atoms with Crippen LogP contribution in [0.15, 0.2) is 30.5 Å². The van der Waals surface area contributed by atoms with Crippen molar-refractivity contribution in [3.63, 3.8) is 0 Å². The van der Waals surface area contributed by atoms with Crippen LogP contribution in [0.3, 0.4) is 0 Å². The van der Waals surface area contributed by atoms with Crippen molar-refractivity contribution in [2.75, 3.05) is 0 Å². The van der Waals surface area contributed by atoms with Crippen LogP contribution in [0.5, 0.6) is 0 Å². The molecule has 0 spiro atoms. The highest BCUT2D eigenvalue weighted by atomic mass is 19.1. The third kappa shape index (κ3) is 1.67. The van der Waals surface area contributed by atoms with Crippen LogP contribution in [0.1, 0.15) is 18.1 Å². The van der Waals surface area contributed by atoms with E-state index in [1.807, 2.05) is 16.8 Å². The molecule has 2 nitrogen and oxygen atoms in total. The molecule has 1 heterocycles. The zero-order valence-corrected chi connectivity index (χ0v) is 9.65. The van der Waals surface area contributed by atoms with Crippen molar-refractivity contribution in [1.82, 2.24) is 4.57 Å². The molecule has 1 atom stereocenters. The van der Waals surface area contributed by atoms with Crippen LogP contribution in [0, 0.1) is 5.82 Å². The lowest BCUT2D eigenvalue weighted by Crippen LogP contribution is -2.11. The zero-order chi connectivity index (χ0) is 12.0. The zero-order valence-electron chi connectivity index (χ0n) is 9.65. The third-order valence-electron chi connectivity index (χ3n) is 3.21. The molecule has 0 saturated carbocycles. The summed E-state index contributed by atoms with van der Waals surface area (Å²) in [4.78, 5) is 0. The minimum atomic E-state index is -0.379. The van der Waals surface area contributed by atoms with E-state index in [1.54, 1.807) is 13.0 Å². The highest BCUT2D eigenvalue weighted by molar-refractivity contribution is 5.74. The van der Waals surface area contributed by atoms with Gasteiger partial charge in [0, 0.05) is 24.7 Å². The van der Waals surface area contributed by atoms with E-state index in [0.717, 1.165) is 23.2 Å². The lowest BCUT2D eigenvalue weighted by atomic mass is 10.1. The molecule has 1 aromatic carbocycles. The highest BCUT2D eigenvalue weighted by Crippen LogP contribution is 2.37. The first-order valence-corrected chi connectivity index (χ1v) is 5.80. The number of aliphatic hydroxyl groups is 1. The van der Waals surface area contributed by atoms with E-state index in [-0.39, 0.29) is 11.9 Å². The summed E-state index contributed by atoms with van der Waals surface area (Å²) in [6.45, 7) is 2.35. The minimum Gasteiger partial charge on any atom is -0.392 e. The van der Waals surface area contributed by atoms with Gasteiger partial charge in [0.1, 0.15) is 5.82 Å². The van der Waals surface area contributed by atoms with Crippen molar-refractivity contribution < 1.29 is 9.50 Å². The maximum atomic E-state index is 13.2. The lowest BCUT2D eigenvalue weighted by molar-refractivity contribution is 0.174. The number of hydrogen-bond donors (Lipinski definition) is 1.